The molecule has 0 radical (unpaired) electrons. The smallest absolute Gasteiger partial charge is 0.243 e. The summed E-state index contributed by atoms with van der Waals surface area (Å²) in [7, 11) is -3.50. The monoisotopic (exact) mass is 354 g/mol. The third-order valence-corrected chi connectivity index (χ3v) is 6.98. The molecule has 1 aromatic heterocycles. The lowest BCUT2D eigenvalue weighted by atomic mass is 10.1. The highest BCUT2D eigenvalue weighted by atomic mass is 32.2. The number of aromatic nitrogens is 3. The van der Waals surface area contributed by atoms with Gasteiger partial charge < -0.3 is 0 Å². The predicted molar refractivity (Wildman–Crippen MR) is 93.7 cm³/mol. The van der Waals surface area contributed by atoms with Gasteiger partial charge in [-0.05, 0) is 24.3 Å². The third-order valence-electron chi connectivity index (χ3n) is 5.09. The first-order valence-corrected chi connectivity index (χ1v) is 9.96. The Morgan fingerprint density at radius 3 is 2.56 bits per heavy atom. The molecule has 7 heteroatoms. The van der Waals surface area contributed by atoms with E-state index in [9.17, 15) is 8.42 Å². The van der Waals surface area contributed by atoms with Gasteiger partial charge in [0.05, 0.1) is 16.6 Å². The molecule has 128 valence electrons. The van der Waals surface area contributed by atoms with Gasteiger partial charge in [-0.3, -0.25) is 0 Å². The van der Waals surface area contributed by atoms with Crippen molar-refractivity contribution in [3.05, 3.63) is 54.4 Å². The summed E-state index contributed by atoms with van der Waals surface area (Å²) in [4.78, 5) is 0.376. The van der Waals surface area contributed by atoms with Crippen molar-refractivity contribution in [3.63, 3.8) is 0 Å². The highest BCUT2D eigenvalue weighted by molar-refractivity contribution is 7.89. The molecular weight excluding hydrogens is 336 g/mol. The third kappa shape index (κ3) is 2.46. The van der Waals surface area contributed by atoms with Crippen molar-refractivity contribution >= 4 is 20.8 Å². The van der Waals surface area contributed by atoms with Crippen LogP contribution in [0.3, 0.4) is 0 Å². The number of rotatable bonds is 4. The zero-order chi connectivity index (χ0) is 17.0. The number of benzene rings is 2. The minimum Gasteiger partial charge on any atom is -0.247 e. The van der Waals surface area contributed by atoms with Gasteiger partial charge in [-0.25, -0.2) is 13.1 Å². The van der Waals surface area contributed by atoms with Crippen LogP contribution in [-0.4, -0.2) is 40.8 Å². The average Bonchev–Trinajstić information content (AvgIpc) is 3.32. The first-order valence-electron chi connectivity index (χ1n) is 8.52. The molecule has 0 spiro atoms. The van der Waals surface area contributed by atoms with Crippen LogP contribution in [-0.2, 0) is 10.0 Å². The Balaban J connectivity index is 1.39. The summed E-state index contributed by atoms with van der Waals surface area (Å²) < 4.78 is 29.4. The normalized spacial score (nSPS) is 19.2. The SMILES string of the molecule is O=S(=O)(c1cccc2ccccc12)N1CC(n2cc(C3CC3)nn2)C1. The van der Waals surface area contributed by atoms with E-state index in [1.54, 1.807) is 12.1 Å². The molecule has 2 aromatic carbocycles. The van der Waals surface area contributed by atoms with E-state index in [0.29, 0.717) is 23.9 Å². The van der Waals surface area contributed by atoms with Gasteiger partial charge in [-0.2, -0.15) is 4.31 Å². The van der Waals surface area contributed by atoms with E-state index in [1.807, 2.05) is 41.2 Å². The highest BCUT2D eigenvalue weighted by Crippen LogP contribution is 2.39. The standard InChI is InChI=1S/C18H18N4O2S/c23-25(24,18-7-3-5-13-4-1-2-6-16(13)18)21-10-15(11-21)22-12-17(19-20-22)14-8-9-14/h1-7,12,14-15H,8-11H2. The summed E-state index contributed by atoms with van der Waals surface area (Å²) in [5.41, 5.74) is 1.04. The van der Waals surface area contributed by atoms with Gasteiger partial charge in [0.25, 0.3) is 0 Å². The summed E-state index contributed by atoms with van der Waals surface area (Å²) in [5.74, 6) is 0.560. The van der Waals surface area contributed by atoms with E-state index in [2.05, 4.69) is 10.3 Å². The minimum atomic E-state index is -3.50. The number of fused-ring (bicyclic) bond motifs is 1. The number of sulfonamides is 1. The summed E-state index contributed by atoms with van der Waals surface area (Å²) in [6.45, 7) is 0.887. The largest absolute Gasteiger partial charge is 0.247 e. The molecule has 1 aliphatic heterocycles. The summed E-state index contributed by atoms with van der Waals surface area (Å²) in [5, 5.41) is 10.1. The van der Waals surface area contributed by atoms with Crippen LogP contribution in [0.25, 0.3) is 10.8 Å². The van der Waals surface area contributed by atoms with Crippen molar-refractivity contribution in [3.8, 4) is 0 Å². The van der Waals surface area contributed by atoms with Crippen LogP contribution in [0, 0.1) is 0 Å². The van der Waals surface area contributed by atoms with Crippen molar-refractivity contribution in [2.45, 2.75) is 29.7 Å². The predicted octanol–water partition coefficient (Wildman–Crippen LogP) is 2.55. The maximum absolute atomic E-state index is 13.0. The van der Waals surface area contributed by atoms with E-state index in [1.165, 1.54) is 17.1 Å². The fraction of sp³-hybridized carbons (Fsp3) is 0.333. The van der Waals surface area contributed by atoms with Gasteiger partial charge in [0.1, 0.15) is 0 Å². The van der Waals surface area contributed by atoms with Crippen molar-refractivity contribution in [1.82, 2.24) is 19.3 Å². The molecule has 2 aliphatic rings. The lowest BCUT2D eigenvalue weighted by Crippen LogP contribution is -2.50. The van der Waals surface area contributed by atoms with Gasteiger partial charge in [0, 0.05) is 30.6 Å². The molecule has 3 aromatic rings. The van der Waals surface area contributed by atoms with Crippen molar-refractivity contribution < 1.29 is 8.42 Å². The van der Waals surface area contributed by atoms with Crippen LogP contribution in [0.1, 0.15) is 30.5 Å². The van der Waals surface area contributed by atoms with Crippen LogP contribution >= 0.6 is 0 Å². The van der Waals surface area contributed by atoms with E-state index in [4.69, 9.17) is 0 Å². The summed E-state index contributed by atoms with van der Waals surface area (Å²) in [6, 6.07) is 13.1. The minimum absolute atomic E-state index is 0.0738. The fourth-order valence-electron chi connectivity index (χ4n) is 3.37. The molecule has 25 heavy (non-hydrogen) atoms. The first-order chi connectivity index (χ1) is 12.1. The Kier molecular flexibility index (Phi) is 3.23. The molecule has 0 bridgehead atoms. The van der Waals surface area contributed by atoms with E-state index in [-0.39, 0.29) is 6.04 Å². The maximum Gasteiger partial charge on any atom is 0.243 e. The van der Waals surface area contributed by atoms with Crippen molar-refractivity contribution in [1.29, 1.82) is 0 Å². The molecule has 1 aliphatic carbocycles. The molecule has 1 saturated carbocycles. The number of hydrogen-bond acceptors (Lipinski definition) is 4. The maximum atomic E-state index is 13.0. The molecule has 0 N–H and O–H groups in total. The molecule has 2 heterocycles. The van der Waals surface area contributed by atoms with E-state index < -0.39 is 10.0 Å². The van der Waals surface area contributed by atoms with Gasteiger partial charge in [-0.1, -0.05) is 41.6 Å². The molecule has 0 atom stereocenters. The van der Waals surface area contributed by atoms with Crippen LogP contribution in [0.5, 0.6) is 0 Å². The number of hydrogen-bond donors (Lipinski definition) is 0. The van der Waals surface area contributed by atoms with Crippen LogP contribution in [0.4, 0.5) is 0 Å². The molecule has 2 fully saturated rings. The fourth-order valence-corrected chi connectivity index (χ4v) is 5.10. The summed E-state index contributed by atoms with van der Waals surface area (Å²) >= 11 is 0. The quantitative estimate of drug-likeness (QED) is 0.722. The van der Waals surface area contributed by atoms with Crippen LogP contribution < -0.4 is 0 Å². The average molecular weight is 354 g/mol. The van der Waals surface area contributed by atoms with Crippen LogP contribution in [0.15, 0.2) is 53.6 Å². The van der Waals surface area contributed by atoms with E-state index >= 15 is 0 Å². The number of nitrogens with zero attached hydrogens (tertiary/aromatic N) is 4. The molecule has 0 unspecified atom stereocenters. The second-order valence-corrected chi connectivity index (χ2v) is 8.76. The topological polar surface area (TPSA) is 68.1 Å². The Morgan fingerprint density at radius 2 is 1.76 bits per heavy atom. The Labute approximate surface area is 146 Å². The van der Waals surface area contributed by atoms with Crippen molar-refractivity contribution in [2.24, 2.45) is 0 Å². The second kappa shape index (κ2) is 5.37. The first kappa shape index (κ1) is 15.0. The molecular formula is C18H18N4O2S. The summed E-state index contributed by atoms with van der Waals surface area (Å²) in [6.07, 6.45) is 4.35. The van der Waals surface area contributed by atoms with Gasteiger partial charge >= 0.3 is 0 Å². The van der Waals surface area contributed by atoms with E-state index in [0.717, 1.165) is 16.5 Å². The Bertz CT molecular complexity index is 1040. The van der Waals surface area contributed by atoms with Gasteiger partial charge in [0.15, 0.2) is 0 Å². The van der Waals surface area contributed by atoms with Gasteiger partial charge in [0.2, 0.25) is 10.0 Å². The second-order valence-electron chi connectivity index (χ2n) is 6.85. The zero-order valence-corrected chi connectivity index (χ0v) is 14.4. The van der Waals surface area contributed by atoms with Crippen LogP contribution in [0.2, 0.25) is 0 Å². The zero-order valence-electron chi connectivity index (χ0n) is 13.6. The molecule has 1 saturated heterocycles. The Morgan fingerprint density at radius 1 is 1.00 bits per heavy atom. The van der Waals surface area contributed by atoms with Gasteiger partial charge in [-0.15, -0.1) is 5.10 Å². The molecule has 5 rings (SSSR count). The lowest BCUT2D eigenvalue weighted by Gasteiger charge is -2.37. The molecule has 0 amide bonds. The Hall–Kier alpha value is -2.25. The van der Waals surface area contributed by atoms with Crippen molar-refractivity contribution in [2.75, 3.05) is 13.1 Å². The molecule has 6 nitrogen and oxygen atoms in total. The lowest BCUT2D eigenvalue weighted by molar-refractivity contribution is 0.189. The highest BCUT2D eigenvalue weighted by Gasteiger charge is 2.39.